The Balaban J connectivity index is 2.15. The van der Waals surface area contributed by atoms with Gasteiger partial charge in [0.2, 0.25) is 0 Å². The van der Waals surface area contributed by atoms with Gasteiger partial charge in [0, 0.05) is 13.5 Å². The standard InChI is InChI=1S/C13H18FNO/c1-16-13(6-8-15-9-7-13)10-11-4-2-3-5-12(11)14/h2-5,15H,6-10H2,1H3. The van der Waals surface area contributed by atoms with Crippen LogP contribution in [-0.4, -0.2) is 25.8 Å². The Labute approximate surface area is 95.8 Å². The molecule has 3 heteroatoms. The molecule has 1 N–H and O–H groups in total. The van der Waals surface area contributed by atoms with Crippen LogP contribution in [0.15, 0.2) is 24.3 Å². The van der Waals surface area contributed by atoms with Gasteiger partial charge in [0.05, 0.1) is 5.60 Å². The topological polar surface area (TPSA) is 21.3 Å². The predicted molar refractivity (Wildman–Crippen MR) is 61.9 cm³/mol. The van der Waals surface area contributed by atoms with Crippen LogP contribution in [0.4, 0.5) is 4.39 Å². The van der Waals surface area contributed by atoms with E-state index in [1.807, 2.05) is 12.1 Å². The van der Waals surface area contributed by atoms with Crippen LogP contribution in [0.25, 0.3) is 0 Å². The summed E-state index contributed by atoms with van der Waals surface area (Å²) in [5.74, 6) is -0.127. The first-order chi connectivity index (χ1) is 7.76. The van der Waals surface area contributed by atoms with Crippen molar-refractivity contribution in [3.05, 3.63) is 35.6 Å². The maximum atomic E-state index is 13.6. The normalized spacial score (nSPS) is 19.6. The van der Waals surface area contributed by atoms with E-state index in [1.165, 1.54) is 6.07 Å². The van der Waals surface area contributed by atoms with Crippen molar-refractivity contribution in [3.8, 4) is 0 Å². The number of nitrogens with one attached hydrogen (secondary N) is 1. The van der Waals surface area contributed by atoms with E-state index in [4.69, 9.17) is 4.74 Å². The molecular formula is C13H18FNO. The lowest BCUT2D eigenvalue weighted by Gasteiger charge is -2.36. The van der Waals surface area contributed by atoms with Gasteiger partial charge in [-0.2, -0.15) is 0 Å². The second kappa shape index (κ2) is 4.93. The van der Waals surface area contributed by atoms with Crippen molar-refractivity contribution in [2.24, 2.45) is 0 Å². The van der Waals surface area contributed by atoms with E-state index in [1.54, 1.807) is 13.2 Å². The van der Waals surface area contributed by atoms with Gasteiger partial charge in [-0.15, -0.1) is 0 Å². The summed E-state index contributed by atoms with van der Waals surface area (Å²) in [6.07, 6.45) is 2.55. The molecule has 0 atom stereocenters. The first-order valence-electron chi connectivity index (χ1n) is 5.75. The molecule has 16 heavy (non-hydrogen) atoms. The highest BCUT2D eigenvalue weighted by molar-refractivity contribution is 5.19. The lowest BCUT2D eigenvalue weighted by molar-refractivity contribution is -0.0339. The Bertz CT molecular complexity index is 348. The van der Waals surface area contributed by atoms with E-state index >= 15 is 0 Å². The molecule has 1 aromatic carbocycles. The number of halogens is 1. The van der Waals surface area contributed by atoms with Crippen LogP contribution in [0.1, 0.15) is 18.4 Å². The quantitative estimate of drug-likeness (QED) is 0.847. The van der Waals surface area contributed by atoms with E-state index in [2.05, 4.69) is 5.32 Å². The summed E-state index contributed by atoms with van der Waals surface area (Å²) in [5.41, 5.74) is 0.569. The Morgan fingerprint density at radius 3 is 2.62 bits per heavy atom. The molecule has 1 fully saturated rings. The maximum Gasteiger partial charge on any atom is 0.126 e. The van der Waals surface area contributed by atoms with Crippen molar-refractivity contribution in [3.63, 3.8) is 0 Å². The molecule has 2 rings (SSSR count). The maximum absolute atomic E-state index is 13.6. The van der Waals surface area contributed by atoms with Gasteiger partial charge in [-0.3, -0.25) is 0 Å². The van der Waals surface area contributed by atoms with Crippen molar-refractivity contribution in [1.82, 2.24) is 5.32 Å². The highest BCUT2D eigenvalue weighted by Gasteiger charge is 2.32. The Morgan fingerprint density at radius 1 is 1.31 bits per heavy atom. The fourth-order valence-corrected chi connectivity index (χ4v) is 2.32. The molecule has 1 aliphatic rings. The van der Waals surface area contributed by atoms with Gasteiger partial charge in [0.15, 0.2) is 0 Å². The molecule has 0 unspecified atom stereocenters. The Kier molecular flexibility index (Phi) is 3.56. The molecular weight excluding hydrogens is 205 g/mol. The monoisotopic (exact) mass is 223 g/mol. The largest absolute Gasteiger partial charge is 0.378 e. The Morgan fingerprint density at radius 2 is 2.00 bits per heavy atom. The van der Waals surface area contributed by atoms with E-state index in [0.717, 1.165) is 31.5 Å². The first kappa shape index (κ1) is 11.6. The molecule has 88 valence electrons. The van der Waals surface area contributed by atoms with Gasteiger partial charge < -0.3 is 10.1 Å². The molecule has 0 aliphatic carbocycles. The Hall–Kier alpha value is -0.930. The summed E-state index contributed by atoms with van der Waals surface area (Å²) in [5, 5.41) is 3.30. The highest BCUT2D eigenvalue weighted by atomic mass is 19.1. The lowest BCUT2D eigenvalue weighted by Crippen LogP contribution is -2.45. The SMILES string of the molecule is COC1(Cc2ccccc2F)CCNCC1. The number of rotatable bonds is 3. The molecule has 1 aromatic rings. The summed E-state index contributed by atoms with van der Waals surface area (Å²) in [7, 11) is 1.73. The molecule has 0 amide bonds. The van der Waals surface area contributed by atoms with Gasteiger partial charge in [0.1, 0.15) is 5.82 Å². The van der Waals surface area contributed by atoms with Gasteiger partial charge in [-0.1, -0.05) is 18.2 Å². The number of ether oxygens (including phenoxy) is 1. The molecule has 1 aliphatic heterocycles. The van der Waals surface area contributed by atoms with Crippen LogP contribution in [-0.2, 0) is 11.2 Å². The van der Waals surface area contributed by atoms with Crippen molar-refractivity contribution in [1.29, 1.82) is 0 Å². The third kappa shape index (κ3) is 2.42. The van der Waals surface area contributed by atoms with E-state index < -0.39 is 0 Å². The number of piperidine rings is 1. The minimum Gasteiger partial charge on any atom is -0.378 e. The third-order valence-electron chi connectivity index (χ3n) is 3.42. The van der Waals surface area contributed by atoms with Crippen LogP contribution in [0.2, 0.25) is 0 Å². The second-order valence-corrected chi connectivity index (χ2v) is 4.41. The average Bonchev–Trinajstić information content (AvgIpc) is 2.33. The zero-order valence-corrected chi connectivity index (χ0v) is 9.63. The number of hydrogen-bond acceptors (Lipinski definition) is 2. The number of hydrogen-bond donors (Lipinski definition) is 1. The number of benzene rings is 1. The first-order valence-corrected chi connectivity index (χ1v) is 5.75. The van der Waals surface area contributed by atoms with Crippen LogP contribution < -0.4 is 5.32 Å². The zero-order valence-electron chi connectivity index (χ0n) is 9.63. The van der Waals surface area contributed by atoms with Gasteiger partial charge in [-0.25, -0.2) is 4.39 Å². The molecule has 0 spiro atoms. The molecule has 0 bridgehead atoms. The van der Waals surface area contributed by atoms with Crippen molar-refractivity contribution in [2.45, 2.75) is 24.9 Å². The van der Waals surface area contributed by atoms with Crippen LogP contribution in [0, 0.1) is 5.82 Å². The smallest absolute Gasteiger partial charge is 0.126 e. The fourth-order valence-electron chi connectivity index (χ4n) is 2.32. The summed E-state index contributed by atoms with van der Waals surface area (Å²) >= 11 is 0. The molecule has 1 heterocycles. The average molecular weight is 223 g/mol. The summed E-state index contributed by atoms with van der Waals surface area (Å²) in [6.45, 7) is 1.89. The zero-order chi connectivity index (χ0) is 11.4. The predicted octanol–water partition coefficient (Wildman–Crippen LogP) is 2.14. The molecule has 0 radical (unpaired) electrons. The van der Waals surface area contributed by atoms with E-state index in [9.17, 15) is 4.39 Å². The summed E-state index contributed by atoms with van der Waals surface area (Å²) in [4.78, 5) is 0. The highest BCUT2D eigenvalue weighted by Crippen LogP contribution is 2.27. The molecule has 0 aromatic heterocycles. The van der Waals surface area contributed by atoms with Crippen LogP contribution >= 0.6 is 0 Å². The summed E-state index contributed by atoms with van der Waals surface area (Å²) in [6, 6.07) is 6.96. The minimum absolute atomic E-state index is 0.127. The molecule has 1 saturated heterocycles. The molecule has 2 nitrogen and oxygen atoms in total. The van der Waals surface area contributed by atoms with E-state index in [0.29, 0.717) is 6.42 Å². The number of methoxy groups -OCH3 is 1. The van der Waals surface area contributed by atoms with Gasteiger partial charge in [-0.05, 0) is 37.6 Å². The van der Waals surface area contributed by atoms with Crippen LogP contribution in [0.3, 0.4) is 0 Å². The summed E-state index contributed by atoms with van der Waals surface area (Å²) < 4.78 is 19.2. The van der Waals surface area contributed by atoms with Crippen molar-refractivity contribution in [2.75, 3.05) is 20.2 Å². The van der Waals surface area contributed by atoms with Crippen LogP contribution in [0.5, 0.6) is 0 Å². The van der Waals surface area contributed by atoms with Crippen molar-refractivity contribution >= 4 is 0 Å². The molecule has 0 saturated carbocycles. The lowest BCUT2D eigenvalue weighted by atomic mass is 9.85. The second-order valence-electron chi connectivity index (χ2n) is 4.41. The van der Waals surface area contributed by atoms with Gasteiger partial charge >= 0.3 is 0 Å². The van der Waals surface area contributed by atoms with Gasteiger partial charge in [0.25, 0.3) is 0 Å². The minimum atomic E-state index is -0.187. The fraction of sp³-hybridized carbons (Fsp3) is 0.538. The van der Waals surface area contributed by atoms with Crippen molar-refractivity contribution < 1.29 is 9.13 Å². The third-order valence-corrected chi connectivity index (χ3v) is 3.42. The van der Waals surface area contributed by atoms with E-state index in [-0.39, 0.29) is 11.4 Å².